The Balaban J connectivity index is 1.84. The highest BCUT2D eigenvalue weighted by Gasteiger charge is 2.34. The number of carbonyl (C=O) groups excluding carboxylic acids is 2. The zero-order valence-corrected chi connectivity index (χ0v) is 20.7. The molecule has 0 fully saturated rings. The Labute approximate surface area is 206 Å². The Morgan fingerprint density at radius 3 is 1.91 bits per heavy atom. The maximum absolute atomic E-state index is 13.1. The van der Waals surface area contributed by atoms with E-state index in [9.17, 15) is 13.8 Å². The van der Waals surface area contributed by atoms with Crippen molar-refractivity contribution in [2.75, 3.05) is 72.8 Å². The van der Waals surface area contributed by atoms with E-state index in [1.807, 2.05) is 24.3 Å². The third-order valence-electron chi connectivity index (χ3n) is 5.18. The Kier molecular flexibility index (Phi) is 10.8. The van der Waals surface area contributed by atoms with Gasteiger partial charge in [0.1, 0.15) is 13.2 Å². The molecule has 10 heteroatoms. The lowest BCUT2D eigenvalue weighted by Crippen LogP contribution is -2.26. The highest BCUT2D eigenvalue weighted by atomic mass is 32.2. The van der Waals surface area contributed by atoms with E-state index in [-0.39, 0.29) is 43.3 Å². The van der Waals surface area contributed by atoms with Crippen LogP contribution < -0.4 is 0 Å². The molecule has 0 aliphatic carbocycles. The average molecular weight is 507 g/mol. The summed E-state index contributed by atoms with van der Waals surface area (Å²) in [5, 5.41) is 1.73. The molecule has 2 aromatic carbocycles. The predicted octanol–water partition coefficient (Wildman–Crippen LogP) is 2.13. The molecule has 1 atom stereocenters. The van der Waals surface area contributed by atoms with Gasteiger partial charge in [-0.25, -0.2) is 9.59 Å². The second kappa shape index (κ2) is 14.1. The first-order valence-electron chi connectivity index (χ1n) is 11.2. The monoisotopic (exact) mass is 506 g/mol. The molecule has 1 heterocycles. The van der Waals surface area contributed by atoms with Crippen LogP contribution in [0.3, 0.4) is 0 Å². The number of benzene rings is 2. The number of hydrogen-bond acceptors (Lipinski definition) is 9. The summed E-state index contributed by atoms with van der Waals surface area (Å²) in [6.45, 7) is 1.92. The van der Waals surface area contributed by atoms with E-state index in [2.05, 4.69) is 0 Å². The van der Waals surface area contributed by atoms with Gasteiger partial charge < -0.3 is 28.4 Å². The van der Waals surface area contributed by atoms with E-state index in [0.717, 1.165) is 10.8 Å². The molecule has 1 aliphatic heterocycles. The Hall–Kier alpha value is -2.63. The second-order valence-electron chi connectivity index (χ2n) is 7.52. The smallest absolute Gasteiger partial charge is 0.339 e. The van der Waals surface area contributed by atoms with Gasteiger partial charge in [0.05, 0.1) is 67.3 Å². The highest BCUT2D eigenvalue weighted by molar-refractivity contribution is 7.85. The van der Waals surface area contributed by atoms with Crippen molar-refractivity contribution in [1.29, 1.82) is 0 Å². The summed E-state index contributed by atoms with van der Waals surface area (Å²) >= 11 is 0. The van der Waals surface area contributed by atoms with E-state index in [4.69, 9.17) is 28.4 Å². The van der Waals surface area contributed by atoms with Crippen LogP contribution in [0.15, 0.2) is 46.9 Å². The van der Waals surface area contributed by atoms with Crippen molar-refractivity contribution in [2.24, 2.45) is 0 Å². The zero-order valence-electron chi connectivity index (χ0n) is 19.9. The lowest BCUT2D eigenvalue weighted by molar-refractivity contribution is -0.142. The Morgan fingerprint density at radius 1 is 0.771 bits per heavy atom. The number of methoxy groups -OCH3 is 2. The standard InChI is InChI=1S/C25H30O9S/c1-29-7-9-31-11-13-33-24(26)21-17-35(28)22-16-19-6-4-3-5-18(19)15-20(22)23(21)25(27)34-14-12-32-10-8-30-2/h3-6,15-16H,7-14,17H2,1-2H3. The number of carbonyl (C=O) groups is 2. The second-order valence-corrected chi connectivity index (χ2v) is 8.94. The molecule has 2 aromatic rings. The van der Waals surface area contributed by atoms with Gasteiger partial charge in [0.15, 0.2) is 0 Å². The summed E-state index contributed by atoms with van der Waals surface area (Å²) < 4.78 is 44.3. The van der Waals surface area contributed by atoms with Gasteiger partial charge in [-0.2, -0.15) is 0 Å². The van der Waals surface area contributed by atoms with Gasteiger partial charge in [0.25, 0.3) is 0 Å². The number of hydrogen-bond donors (Lipinski definition) is 0. The van der Waals surface area contributed by atoms with Crippen molar-refractivity contribution < 1.29 is 42.2 Å². The van der Waals surface area contributed by atoms with E-state index in [0.29, 0.717) is 36.9 Å². The molecule has 0 saturated heterocycles. The van der Waals surface area contributed by atoms with Crippen LogP contribution in [-0.2, 0) is 48.8 Å². The largest absolute Gasteiger partial charge is 0.460 e. The minimum absolute atomic E-state index is 0.00623. The van der Waals surface area contributed by atoms with Crippen LogP contribution in [0.4, 0.5) is 0 Å². The average Bonchev–Trinajstić information content (AvgIpc) is 2.86. The minimum atomic E-state index is -1.53. The summed E-state index contributed by atoms with van der Waals surface area (Å²) in [5.41, 5.74) is 0.489. The van der Waals surface area contributed by atoms with Gasteiger partial charge in [-0.15, -0.1) is 0 Å². The number of fused-ring (bicyclic) bond motifs is 2. The molecule has 0 radical (unpaired) electrons. The number of ether oxygens (including phenoxy) is 6. The van der Waals surface area contributed by atoms with Crippen molar-refractivity contribution in [1.82, 2.24) is 0 Å². The molecule has 0 saturated carbocycles. The summed E-state index contributed by atoms with van der Waals surface area (Å²) in [6.07, 6.45) is 0. The van der Waals surface area contributed by atoms with Gasteiger partial charge in [-0.1, -0.05) is 24.3 Å². The lowest BCUT2D eigenvalue weighted by Gasteiger charge is -2.22. The molecule has 1 unspecified atom stereocenters. The molecular formula is C25H30O9S. The summed E-state index contributed by atoms with van der Waals surface area (Å²) in [7, 11) is 1.59. The SMILES string of the molecule is COCCOCCOC(=O)C1=C(C(=O)OCCOCCOC)c2cc3ccccc3cc2S(=O)C1. The first kappa shape index (κ1) is 27.0. The third-order valence-corrected chi connectivity index (χ3v) is 6.55. The van der Waals surface area contributed by atoms with Gasteiger partial charge in [0.2, 0.25) is 0 Å². The van der Waals surface area contributed by atoms with Gasteiger partial charge in [0, 0.05) is 24.7 Å². The first-order valence-corrected chi connectivity index (χ1v) is 12.5. The quantitative estimate of drug-likeness (QED) is 0.281. The molecule has 0 bridgehead atoms. The van der Waals surface area contributed by atoms with Crippen LogP contribution in [0, 0.1) is 0 Å². The van der Waals surface area contributed by atoms with Crippen molar-refractivity contribution in [3.05, 3.63) is 47.5 Å². The molecule has 3 rings (SSSR count). The molecule has 190 valence electrons. The number of rotatable bonds is 14. The summed E-state index contributed by atoms with van der Waals surface area (Å²) in [5.74, 6) is -1.57. The maximum Gasteiger partial charge on any atom is 0.339 e. The van der Waals surface area contributed by atoms with E-state index < -0.39 is 22.7 Å². The fourth-order valence-electron chi connectivity index (χ4n) is 3.48. The molecule has 9 nitrogen and oxygen atoms in total. The van der Waals surface area contributed by atoms with Crippen molar-refractivity contribution in [3.8, 4) is 0 Å². The molecule has 0 spiro atoms. The maximum atomic E-state index is 13.1. The van der Waals surface area contributed by atoms with Crippen LogP contribution in [0.2, 0.25) is 0 Å². The van der Waals surface area contributed by atoms with E-state index in [1.54, 1.807) is 26.4 Å². The predicted molar refractivity (Wildman–Crippen MR) is 129 cm³/mol. The van der Waals surface area contributed by atoms with Gasteiger partial charge in [-0.3, -0.25) is 4.21 Å². The fourth-order valence-corrected chi connectivity index (χ4v) is 4.82. The van der Waals surface area contributed by atoms with Crippen molar-refractivity contribution >= 4 is 39.1 Å². The van der Waals surface area contributed by atoms with Crippen molar-refractivity contribution in [2.45, 2.75) is 4.90 Å². The lowest BCUT2D eigenvalue weighted by atomic mass is 9.97. The molecular weight excluding hydrogens is 476 g/mol. The van der Waals surface area contributed by atoms with Gasteiger partial charge in [-0.05, 0) is 22.9 Å². The topological polar surface area (TPSA) is 107 Å². The molecule has 0 amide bonds. The van der Waals surface area contributed by atoms with Gasteiger partial charge >= 0.3 is 11.9 Å². The zero-order chi connectivity index (χ0) is 25.0. The fraction of sp³-hybridized carbons (Fsp3) is 0.440. The summed E-state index contributed by atoms with van der Waals surface area (Å²) in [4.78, 5) is 26.6. The molecule has 0 aromatic heterocycles. The molecule has 1 aliphatic rings. The highest BCUT2D eigenvalue weighted by Crippen LogP contribution is 2.35. The Morgan fingerprint density at radius 2 is 1.31 bits per heavy atom. The summed E-state index contributed by atoms with van der Waals surface area (Å²) in [6, 6.07) is 11.1. The van der Waals surface area contributed by atoms with Crippen LogP contribution in [0.5, 0.6) is 0 Å². The van der Waals surface area contributed by atoms with E-state index >= 15 is 0 Å². The van der Waals surface area contributed by atoms with Crippen LogP contribution >= 0.6 is 0 Å². The van der Waals surface area contributed by atoms with Crippen LogP contribution in [0.1, 0.15) is 5.56 Å². The molecule has 35 heavy (non-hydrogen) atoms. The van der Waals surface area contributed by atoms with E-state index in [1.165, 1.54) is 0 Å². The molecule has 0 N–H and O–H groups in total. The first-order chi connectivity index (χ1) is 17.1. The number of esters is 2. The van der Waals surface area contributed by atoms with Crippen molar-refractivity contribution in [3.63, 3.8) is 0 Å². The normalized spacial score (nSPS) is 15.2. The Bertz CT molecular complexity index is 1080. The van der Waals surface area contributed by atoms with Crippen LogP contribution in [-0.4, -0.2) is 89.0 Å². The van der Waals surface area contributed by atoms with Crippen LogP contribution in [0.25, 0.3) is 16.3 Å². The minimum Gasteiger partial charge on any atom is -0.460 e. The third kappa shape index (κ3) is 7.42.